The second-order valence-corrected chi connectivity index (χ2v) is 8.22. The van der Waals surface area contributed by atoms with Crippen LogP contribution in [0.3, 0.4) is 0 Å². The molecule has 1 aromatic heterocycles. The van der Waals surface area contributed by atoms with Crippen molar-refractivity contribution in [1.29, 1.82) is 0 Å². The highest BCUT2D eigenvalue weighted by atomic mass is 79.9. The third-order valence-corrected chi connectivity index (χ3v) is 5.97. The van der Waals surface area contributed by atoms with Gasteiger partial charge in [0.25, 0.3) is 0 Å². The van der Waals surface area contributed by atoms with Gasteiger partial charge in [0, 0.05) is 45.6 Å². The van der Waals surface area contributed by atoms with Gasteiger partial charge < -0.3 is 10.2 Å². The summed E-state index contributed by atoms with van der Waals surface area (Å²) in [5.74, 6) is -0.131. The van der Waals surface area contributed by atoms with Crippen molar-refractivity contribution in [3.05, 3.63) is 74.0 Å². The predicted octanol–water partition coefficient (Wildman–Crippen LogP) is 4.82. The minimum Gasteiger partial charge on any atom is -0.367 e. The fourth-order valence-electron chi connectivity index (χ4n) is 2.89. The van der Waals surface area contributed by atoms with Gasteiger partial charge in [-0.25, -0.2) is 0 Å². The Bertz CT molecular complexity index is 808. The molecule has 4 nitrogen and oxygen atoms in total. The fourth-order valence-corrected chi connectivity index (χ4v) is 4.32. The van der Waals surface area contributed by atoms with E-state index in [4.69, 9.17) is 11.6 Å². The number of aromatic nitrogens is 1. The minimum absolute atomic E-state index is 0.131. The molecule has 1 fully saturated rings. The second kappa shape index (κ2) is 9.13. The maximum Gasteiger partial charge on any atom is 0.188 e. The number of nitrogens with zero attached hydrogens (tertiary/aromatic N) is 2. The van der Waals surface area contributed by atoms with Crippen molar-refractivity contribution in [1.82, 2.24) is 15.2 Å². The van der Waals surface area contributed by atoms with E-state index in [9.17, 15) is 4.79 Å². The number of carbonyl (C=O) groups is 1. The molecule has 0 radical (unpaired) electrons. The zero-order chi connectivity index (χ0) is 18.5. The van der Waals surface area contributed by atoms with Crippen molar-refractivity contribution in [2.75, 3.05) is 13.1 Å². The van der Waals surface area contributed by atoms with Gasteiger partial charge in [-0.1, -0.05) is 33.6 Å². The van der Waals surface area contributed by atoms with E-state index in [1.54, 1.807) is 18.3 Å². The Hall–Kier alpha value is -1.21. The molecule has 1 atom stereocenters. The smallest absolute Gasteiger partial charge is 0.188 e. The summed E-state index contributed by atoms with van der Waals surface area (Å²) in [7, 11) is 0. The van der Waals surface area contributed by atoms with Gasteiger partial charge in [-0.3, -0.25) is 9.78 Å². The average molecular weight is 500 g/mol. The molecule has 1 aliphatic heterocycles. The van der Waals surface area contributed by atoms with E-state index in [-0.39, 0.29) is 5.78 Å². The molecule has 1 N–H and O–H groups in total. The summed E-state index contributed by atoms with van der Waals surface area (Å²) in [6, 6.07) is 9.76. The van der Waals surface area contributed by atoms with Crippen molar-refractivity contribution in [3.8, 4) is 0 Å². The van der Waals surface area contributed by atoms with Gasteiger partial charge in [0.05, 0.1) is 17.3 Å². The normalized spacial score (nSPS) is 17.0. The van der Waals surface area contributed by atoms with Gasteiger partial charge in [-0.15, -0.1) is 0 Å². The van der Waals surface area contributed by atoms with Gasteiger partial charge in [-0.05, 0) is 53.2 Å². The van der Waals surface area contributed by atoms with E-state index in [1.165, 1.54) is 0 Å². The number of ketones is 1. The second-order valence-electron chi connectivity index (χ2n) is 6.07. The number of halogens is 3. The van der Waals surface area contributed by atoms with Crippen LogP contribution in [0, 0.1) is 0 Å². The molecule has 0 amide bonds. The number of benzene rings is 1. The largest absolute Gasteiger partial charge is 0.367 e. The number of nitrogens with one attached hydrogen (secondary N) is 1. The Kier molecular flexibility index (Phi) is 6.86. The fraction of sp³-hybridized carbons (Fsp3) is 0.263. The van der Waals surface area contributed by atoms with E-state index >= 15 is 0 Å². The van der Waals surface area contributed by atoms with E-state index in [1.807, 2.05) is 30.5 Å². The molecule has 136 valence electrons. The van der Waals surface area contributed by atoms with Gasteiger partial charge in [0.15, 0.2) is 5.78 Å². The van der Waals surface area contributed by atoms with E-state index in [2.05, 4.69) is 47.1 Å². The molecule has 1 aliphatic rings. The monoisotopic (exact) mass is 497 g/mol. The molecule has 1 saturated heterocycles. The van der Waals surface area contributed by atoms with Crippen LogP contribution < -0.4 is 5.32 Å². The van der Waals surface area contributed by atoms with Crippen LogP contribution in [0.25, 0.3) is 0 Å². The van der Waals surface area contributed by atoms with E-state index in [0.29, 0.717) is 27.6 Å². The lowest BCUT2D eigenvalue weighted by Crippen LogP contribution is -2.32. The Morgan fingerprint density at radius 1 is 1.38 bits per heavy atom. The first kappa shape index (κ1) is 19.5. The van der Waals surface area contributed by atoms with E-state index in [0.717, 1.165) is 29.7 Å². The number of pyridine rings is 1. The lowest BCUT2D eigenvalue weighted by atomic mass is 10.1. The predicted molar refractivity (Wildman–Crippen MR) is 111 cm³/mol. The quantitative estimate of drug-likeness (QED) is 0.352. The molecule has 1 unspecified atom stereocenters. The van der Waals surface area contributed by atoms with Crippen LogP contribution >= 0.6 is 43.5 Å². The number of rotatable bonds is 6. The van der Waals surface area contributed by atoms with Gasteiger partial charge in [-0.2, -0.15) is 0 Å². The molecule has 0 spiro atoms. The van der Waals surface area contributed by atoms with Crippen LogP contribution in [-0.2, 0) is 6.54 Å². The molecule has 2 aromatic rings. The number of allylic oxidation sites excluding steroid dienone is 1. The molecular formula is C19H18Br2ClN3O. The third kappa shape index (κ3) is 4.94. The standard InChI is InChI=1S/C19H18Br2ClN3O/c20-13-9-16(19(22)17(21)10-13)18(26)5-8-25(15-4-7-23-11-15)12-14-3-1-2-6-24-14/h1-3,5-6,8-10,15,23H,4,7,11-12H2/b8-5+. The van der Waals surface area contributed by atoms with E-state index < -0.39 is 0 Å². The van der Waals surface area contributed by atoms with Crippen molar-refractivity contribution in [2.45, 2.75) is 19.0 Å². The highest BCUT2D eigenvalue weighted by Gasteiger charge is 2.21. The van der Waals surface area contributed by atoms with Crippen LogP contribution in [-0.4, -0.2) is 34.8 Å². The lowest BCUT2D eigenvalue weighted by molar-refractivity contribution is 0.104. The zero-order valence-electron chi connectivity index (χ0n) is 14.0. The Balaban J connectivity index is 1.80. The van der Waals surface area contributed by atoms with Gasteiger partial charge >= 0.3 is 0 Å². The van der Waals surface area contributed by atoms with Crippen molar-refractivity contribution in [2.24, 2.45) is 0 Å². The summed E-state index contributed by atoms with van der Waals surface area (Å²) in [5.41, 5.74) is 1.44. The lowest BCUT2D eigenvalue weighted by Gasteiger charge is -2.26. The third-order valence-electron chi connectivity index (χ3n) is 4.25. The Labute approximate surface area is 174 Å². The number of carbonyl (C=O) groups excluding carboxylic acids is 1. The zero-order valence-corrected chi connectivity index (χ0v) is 17.9. The maximum absolute atomic E-state index is 12.7. The molecule has 7 heteroatoms. The molecule has 1 aromatic carbocycles. The molecule has 2 heterocycles. The number of hydrogen-bond donors (Lipinski definition) is 1. The highest BCUT2D eigenvalue weighted by Crippen LogP contribution is 2.30. The molecule has 0 saturated carbocycles. The van der Waals surface area contributed by atoms with Crippen molar-refractivity contribution in [3.63, 3.8) is 0 Å². The summed E-state index contributed by atoms with van der Waals surface area (Å²) in [4.78, 5) is 19.2. The molecule has 26 heavy (non-hydrogen) atoms. The topological polar surface area (TPSA) is 45.2 Å². The molecule has 0 aliphatic carbocycles. The van der Waals surface area contributed by atoms with Gasteiger partial charge in [0.1, 0.15) is 0 Å². The summed E-state index contributed by atoms with van der Waals surface area (Å²) in [5, 5.41) is 3.79. The summed E-state index contributed by atoms with van der Waals surface area (Å²) < 4.78 is 1.49. The summed E-state index contributed by atoms with van der Waals surface area (Å²) in [6.45, 7) is 2.54. The van der Waals surface area contributed by atoms with Crippen LogP contribution in [0.4, 0.5) is 0 Å². The van der Waals surface area contributed by atoms with Crippen molar-refractivity contribution >= 4 is 49.2 Å². The average Bonchev–Trinajstić information content (AvgIpc) is 3.16. The summed E-state index contributed by atoms with van der Waals surface area (Å²) in [6.07, 6.45) is 6.27. The molecule has 0 bridgehead atoms. The minimum atomic E-state index is -0.131. The van der Waals surface area contributed by atoms with Gasteiger partial charge in [0.2, 0.25) is 0 Å². The first-order valence-corrected chi connectivity index (χ1v) is 10.2. The van der Waals surface area contributed by atoms with Crippen LogP contribution in [0.5, 0.6) is 0 Å². The van der Waals surface area contributed by atoms with Crippen LogP contribution in [0.1, 0.15) is 22.5 Å². The summed E-state index contributed by atoms with van der Waals surface area (Å²) >= 11 is 13.1. The Morgan fingerprint density at radius 2 is 2.23 bits per heavy atom. The number of hydrogen-bond acceptors (Lipinski definition) is 4. The first-order valence-electron chi connectivity index (χ1n) is 8.28. The maximum atomic E-state index is 12.7. The SMILES string of the molecule is O=C(/C=C/N(Cc1ccccn1)C1CCNC1)c1cc(Br)cc(Br)c1Cl. The van der Waals surface area contributed by atoms with Crippen LogP contribution in [0.2, 0.25) is 5.02 Å². The highest BCUT2D eigenvalue weighted by molar-refractivity contribution is 9.11. The Morgan fingerprint density at radius 3 is 2.92 bits per heavy atom. The first-order chi connectivity index (χ1) is 12.5. The molecule has 3 rings (SSSR count). The van der Waals surface area contributed by atoms with Crippen molar-refractivity contribution < 1.29 is 4.79 Å². The van der Waals surface area contributed by atoms with Crippen LogP contribution in [0.15, 0.2) is 57.8 Å². The molecular weight excluding hydrogens is 481 g/mol.